The second-order valence-corrected chi connectivity index (χ2v) is 7.01. The van der Waals surface area contributed by atoms with E-state index < -0.39 is 0 Å². The third kappa shape index (κ3) is 3.23. The molecule has 1 N–H and O–H groups in total. The molecule has 3 rings (SSSR count). The molecule has 0 saturated carbocycles. The summed E-state index contributed by atoms with van der Waals surface area (Å²) in [5.41, 5.74) is 3.76. The average molecular weight is 398 g/mol. The molecule has 0 unspecified atom stereocenters. The van der Waals surface area contributed by atoms with E-state index in [9.17, 15) is 4.79 Å². The summed E-state index contributed by atoms with van der Waals surface area (Å²) in [7, 11) is 0. The first-order valence-corrected chi connectivity index (χ1v) is 8.65. The van der Waals surface area contributed by atoms with Crippen LogP contribution >= 0.6 is 27.5 Å². The lowest BCUT2D eigenvalue weighted by atomic mass is 10.1. The second-order valence-electron chi connectivity index (χ2n) is 5.69. The van der Waals surface area contributed by atoms with Gasteiger partial charge in [-0.15, -0.1) is 0 Å². The molecule has 2 aromatic rings. The smallest absolute Gasteiger partial charge is 0.255 e. The van der Waals surface area contributed by atoms with Crippen molar-refractivity contribution < 1.29 is 4.79 Å². The molecule has 0 radical (unpaired) electrons. The number of amides is 1. The third-order valence-electron chi connectivity index (χ3n) is 4.13. The first-order valence-electron chi connectivity index (χ1n) is 7.48. The van der Waals surface area contributed by atoms with Crippen molar-refractivity contribution in [3.8, 4) is 0 Å². The molecule has 0 aliphatic carbocycles. The van der Waals surface area contributed by atoms with Gasteiger partial charge in [0.05, 0.1) is 27.7 Å². The number of aromatic nitrogens is 2. The first-order chi connectivity index (χ1) is 11.0. The molecule has 1 aliphatic heterocycles. The molecule has 1 fully saturated rings. The summed E-state index contributed by atoms with van der Waals surface area (Å²) in [6.45, 7) is 6.94. The van der Waals surface area contributed by atoms with Crippen LogP contribution in [0, 0.1) is 13.8 Å². The fourth-order valence-corrected chi connectivity index (χ4v) is 3.54. The molecule has 1 aliphatic rings. The van der Waals surface area contributed by atoms with E-state index in [-0.39, 0.29) is 5.91 Å². The Morgan fingerprint density at radius 1 is 1.26 bits per heavy atom. The Morgan fingerprint density at radius 2 is 1.96 bits per heavy atom. The zero-order valence-corrected chi connectivity index (χ0v) is 15.4. The highest BCUT2D eigenvalue weighted by molar-refractivity contribution is 9.10. The van der Waals surface area contributed by atoms with Gasteiger partial charge >= 0.3 is 0 Å². The van der Waals surface area contributed by atoms with Gasteiger partial charge in [0.1, 0.15) is 0 Å². The Kier molecular flexibility index (Phi) is 4.64. The van der Waals surface area contributed by atoms with Gasteiger partial charge in [0.25, 0.3) is 5.91 Å². The Hall–Kier alpha value is -1.53. The van der Waals surface area contributed by atoms with Gasteiger partial charge in [-0.25, -0.2) is 0 Å². The van der Waals surface area contributed by atoms with Crippen LogP contribution in [0.4, 0.5) is 5.69 Å². The summed E-state index contributed by atoms with van der Waals surface area (Å²) in [6.07, 6.45) is 0. The van der Waals surface area contributed by atoms with Gasteiger partial charge in [0.2, 0.25) is 0 Å². The molecule has 1 saturated heterocycles. The molecule has 0 atom stereocenters. The van der Waals surface area contributed by atoms with Gasteiger partial charge in [0.15, 0.2) is 0 Å². The van der Waals surface area contributed by atoms with E-state index in [2.05, 4.69) is 31.0 Å². The number of piperazine rings is 1. The number of nitrogens with zero attached hydrogens (tertiary/aromatic N) is 3. The van der Waals surface area contributed by atoms with Gasteiger partial charge in [0, 0.05) is 30.7 Å². The normalized spacial score (nSPS) is 15.1. The van der Waals surface area contributed by atoms with Crippen molar-refractivity contribution in [3.63, 3.8) is 0 Å². The number of rotatable bonds is 2. The lowest BCUT2D eigenvalue weighted by Crippen LogP contribution is -2.49. The maximum atomic E-state index is 12.7. The maximum Gasteiger partial charge on any atom is 0.255 e. The predicted octanol–water partition coefficient (Wildman–Crippen LogP) is 3.40. The van der Waals surface area contributed by atoms with Crippen molar-refractivity contribution in [2.45, 2.75) is 13.8 Å². The fourth-order valence-electron chi connectivity index (χ4n) is 2.98. The van der Waals surface area contributed by atoms with Gasteiger partial charge in [-0.05, 0) is 32.0 Å². The highest BCUT2D eigenvalue weighted by atomic mass is 79.9. The van der Waals surface area contributed by atoms with Crippen molar-refractivity contribution in [1.29, 1.82) is 0 Å². The van der Waals surface area contributed by atoms with E-state index in [1.165, 1.54) is 0 Å². The largest absolute Gasteiger partial charge is 0.365 e. The van der Waals surface area contributed by atoms with E-state index in [0.29, 0.717) is 23.7 Å². The molecule has 0 spiro atoms. The number of halogens is 2. The summed E-state index contributed by atoms with van der Waals surface area (Å²) in [5.74, 6) is -0.0170. The summed E-state index contributed by atoms with van der Waals surface area (Å²) in [6, 6.07) is 5.36. The van der Waals surface area contributed by atoms with Crippen molar-refractivity contribution >= 4 is 39.1 Å². The first kappa shape index (κ1) is 16.3. The van der Waals surface area contributed by atoms with Gasteiger partial charge < -0.3 is 9.80 Å². The number of anilines is 1. The Morgan fingerprint density at radius 3 is 2.57 bits per heavy atom. The number of hydrogen-bond acceptors (Lipinski definition) is 3. The summed E-state index contributed by atoms with van der Waals surface area (Å²) < 4.78 is 0.855. The van der Waals surface area contributed by atoms with E-state index >= 15 is 0 Å². The highest BCUT2D eigenvalue weighted by Gasteiger charge is 2.25. The predicted molar refractivity (Wildman–Crippen MR) is 95.3 cm³/mol. The number of nitrogens with one attached hydrogen (secondary N) is 1. The van der Waals surface area contributed by atoms with Crippen LogP contribution in [-0.4, -0.2) is 47.2 Å². The SMILES string of the molecule is Cc1n[nH]c(C)c1N1CCN(C(=O)c2cc(Br)ccc2Cl)CC1. The second kappa shape index (κ2) is 6.53. The molecular formula is C16H18BrClN4O. The van der Waals surface area contributed by atoms with Crippen LogP contribution in [0.3, 0.4) is 0 Å². The zero-order chi connectivity index (χ0) is 16.6. The molecule has 1 aromatic heterocycles. The molecule has 7 heteroatoms. The monoisotopic (exact) mass is 396 g/mol. The number of benzene rings is 1. The van der Waals surface area contributed by atoms with Crippen molar-refractivity contribution in [1.82, 2.24) is 15.1 Å². The maximum absolute atomic E-state index is 12.7. The molecule has 5 nitrogen and oxygen atoms in total. The van der Waals surface area contributed by atoms with Crippen molar-refractivity contribution in [2.75, 3.05) is 31.1 Å². The van der Waals surface area contributed by atoms with Crippen LogP contribution in [0.25, 0.3) is 0 Å². The minimum absolute atomic E-state index is 0.0170. The van der Waals surface area contributed by atoms with Crippen molar-refractivity contribution in [2.24, 2.45) is 0 Å². The minimum atomic E-state index is -0.0170. The molecule has 2 heterocycles. The summed E-state index contributed by atoms with van der Waals surface area (Å²) >= 11 is 9.56. The molecule has 0 bridgehead atoms. The van der Waals surface area contributed by atoms with E-state index in [4.69, 9.17) is 11.6 Å². The molecule has 1 aromatic carbocycles. The number of hydrogen-bond donors (Lipinski definition) is 1. The average Bonchev–Trinajstić information content (AvgIpc) is 2.88. The van der Waals surface area contributed by atoms with E-state index in [1.807, 2.05) is 24.8 Å². The Balaban J connectivity index is 1.72. The van der Waals surface area contributed by atoms with Crippen LogP contribution in [0.2, 0.25) is 5.02 Å². The van der Waals surface area contributed by atoms with Crippen LogP contribution in [0.5, 0.6) is 0 Å². The Bertz CT molecular complexity index is 718. The van der Waals surface area contributed by atoms with Crippen LogP contribution in [0.15, 0.2) is 22.7 Å². The topological polar surface area (TPSA) is 52.2 Å². The Labute approximate surface area is 148 Å². The number of aryl methyl sites for hydroxylation is 2. The summed E-state index contributed by atoms with van der Waals surface area (Å²) in [4.78, 5) is 16.8. The van der Waals surface area contributed by atoms with E-state index in [1.54, 1.807) is 12.1 Å². The lowest BCUT2D eigenvalue weighted by molar-refractivity contribution is 0.0747. The molecule has 23 heavy (non-hydrogen) atoms. The molecule has 122 valence electrons. The highest BCUT2D eigenvalue weighted by Crippen LogP contribution is 2.26. The zero-order valence-electron chi connectivity index (χ0n) is 13.1. The molecule has 1 amide bonds. The summed E-state index contributed by atoms with van der Waals surface area (Å²) in [5, 5.41) is 7.75. The third-order valence-corrected chi connectivity index (χ3v) is 4.95. The van der Waals surface area contributed by atoms with Gasteiger partial charge in [-0.2, -0.15) is 5.10 Å². The number of carbonyl (C=O) groups is 1. The lowest BCUT2D eigenvalue weighted by Gasteiger charge is -2.36. The molecular weight excluding hydrogens is 380 g/mol. The number of aromatic amines is 1. The van der Waals surface area contributed by atoms with Crippen LogP contribution in [0.1, 0.15) is 21.7 Å². The van der Waals surface area contributed by atoms with E-state index in [0.717, 1.165) is 34.6 Å². The number of H-pyrrole nitrogens is 1. The van der Waals surface area contributed by atoms with Gasteiger partial charge in [-0.1, -0.05) is 27.5 Å². The van der Waals surface area contributed by atoms with Crippen LogP contribution < -0.4 is 4.90 Å². The minimum Gasteiger partial charge on any atom is -0.365 e. The van der Waals surface area contributed by atoms with Crippen molar-refractivity contribution in [3.05, 3.63) is 44.6 Å². The standard InChI is InChI=1S/C16H18BrClN4O/c1-10-15(11(2)20-19-10)21-5-7-22(8-6-21)16(23)13-9-12(17)3-4-14(13)18/h3-4,9H,5-8H2,1-2H3,(H,19,20). The fraction of sp³-hybridized carbons (Fsp3) is 0.375. The number of carbonyl (C=O) groups excluding carboxylic acids is 1. The van der Waals surface area contributed by atoms with Gasteiger partial charge in [-0.3, -0.25) is 9.89 Å². The quantitative estimate of drug-likeness (QED) is 0.845. The van der Waals surface area contributed by atoms with Crippen LogP contribution in [-0.2, 0) is 0 Å².